The van der Waals surface area contributed by atoms with Crippen molar-refractivity contribution < 1.29 is 9.22 Å². The topological polar surface area (TPSA) is 26.3 Å². The Morgan fingerprint density at radius 1 is 1.36 bits per heavy atom. The molecular formula is C10H21BrO2Si. The molecule has 0 radical (unpaired) electrons. The minimum absolute atomic E-state index is 0.212. The van der Waals surface area contributed by atoms with Crippen molar-refractivity contribution in [3.8, 4) is 0 Å². The Morgan fingerprint density at radius 2 is 1.86 bits per heavy atom. The maximum atomic E-state index is 11.0. The number of ketones is 1. The molecule has 0 aromatic carbocycles. The third kappa shape index (κ3) is 4.71. The number of hydrogen-bond donors (Lipinski definition) is 0. The third-order valence-corrected chi connectivity index (χ3v) is 7.96. The van der Waals surface area contributed by atoms with Crippen LogP contribution < -0.4 is 0 Å². The van der Waals surface area contributed by atoms with E-state index in [1.807, 2.05) is 0 Å². The highest BCUT2D eigenvalue weighted by Gasteiger charge is 2.36. The Kier molecular flexibility index (Phi) is 5.55. The number of halogens is 1. The molecule has 0 aliphatic heterocycles. The summed E-state index contributed by atoms with van der Waals surface area (Å²) >= 11 is 3.14. The molecule has 2 nitrogen and oxygen atoms in total. The fourth-order valence-corrected chi connectivity index (χ4v) is 2.03. The van der Waals surface area contributed by atoms with Gasteiger partial charge in [-0.2, -0.15) is 0 Å². The molecule has 0 aromatic rings. The first-order chi connectivity index (χ1) is 6.20. The number of alkyl halides is 1. The van der Waals surface area contributed by atoms with Crippen molar-refractivity contribution in [2.75, 3.05) is 11.9 Å². The first-order valence-electron chi connectivity index (χ1n) is 4.92. The lowest BCUT2D eigenvalue weighted by atomic mass is 10.2. The molecule has 0 saturated carbocycles. The summed E-state index contributed by atoms with van der Waals surface area (Å²) in [5.74, 6) is 0.212. The summed E-state index contributed by atoms with van der Waals surface area (Å²) in [6.07, 6.45) is 0.526. The summed E-state index contributed by atoms with van der Waals surface area (Å²) in [6, 6.07) is 0. The first-order valence-corrected chi connectivity index (χ1v) is 8.95. The van der Waals surface area contributed by atoms with Gasteiger partial charge in [-0.25, -0.2) is 0 Å². The molecule has 4 heteroatoms. The van der Waals surface area contributed by atoms with Gasteiger partial charge in [0.1, 0.15) is 5.78 Å². The molecule has 0 amide bonds. The zero-order valence-electron chi connectivity index (χ0n) is 9.82. The Morgan fingerprint density at radius 3 is 2.21 bits per heavy atom. The molecule has 0 aromatic heterocycles. The number of carbonyl (C=O) groups excluding carboxylic acids is 1. The molecule has 0 atom stereocenters. The second-order valence-corrected chi connectivity index (χ2v) is 10.4. The highest BCUT2D eigenvalue weighted by molar-refractivity contribution is 9.09. The second-order valence-electron chi connectivity index (χ2n) is 5.03. The molecule has 0 saturated heterocycles. The molecule has 0 aliphatic rings. The minimum Gasteiger partial charge on any atom is -0.416 e. The van der Waals surface area contributed by atoms with E-state index in [1.54, 1.807) is 0 Å². The Bertz CT molecular complexity index is 197. The zero-order chi connectivity index (χ0) is 11.4. The van der Waals surface area contributed by atoms with Crippen LogP contribution in [0.25, 0.3) is 0 Å². The normalized spacial score (nSPS) is 13.0. The van der Waals surface area contributed by atoms with Crippen molar-refractivity contribution in [3.63, 3.8) is 0 Å². The van der Waals surface area contributed by atoms with Crippen LogP contribution in [0.1, 0.15) is 27.2 Å². The van der Waals surface area contributed by atoms with E-state index in [1.165, 1.54) is 0 Å². The molecule has 84 valence electrons. The highest BCUT2D eigenvalue weighted by atomic mass is 79.9. The molecule has 0 heterocycles. The molecule has 0 spiro atoms. The van der Waals surface area contributed by atoms with E-state index in [2.05, 4.69) is 49.8 Å². The van der Waals surface area contributed by atoms with Gasteiger partial charge >= 0.3 is 0 Å². The van der Waals surface area contributed by atoms with Crippen LogP contribution >= 0.6 is 15.9 Å². The Balaban J connectivity index is 3.95. The molecular weight excluding hydrogens is 260 g/mol. The van der Waals surface area contributed by atoms with E-state index in [0.29, 0.717) is 18.4 Å². The van der Waals surface area contributed by atoms with Crippen LogP contribution in [-0.2, 0) is 9.22 Å². The van der Waals surface area contributed by atoms with Gasteiger partial charge in [-0.1, -0.05) is 36.7 Å². The molecule has 0 aliphatic carbocycles. The summed E-state index contributed by atoms with van der Waals surface area (Å²) in [4.78, 5) is 11.0. The summed E-state index contributed by atoms with van der Waals surface area (Å²) < 4.78 is 5.86. The molecule has 0 N–H and O–H groups in total. The van der Waals surface area contributed by atoms with Crippen molar-refractivity contribution in [2.24, 2.45) is 0 Å². The van der Waals surface area contributed by atoms with Crippen LogP contribution in [0.4, 0.5) is 0 Å². The lowest BCUT2D eigenvalue weighted by Gasteiger charge is -2.36. The molecule has 0 fully saturated rings. The quantitative estimate of drug-likeness (QED) is 0.570. The lowest BCUT2D eigenvalue weighted by Crippen LogP contribution is -2.41. The lowest BCUT2D eigenvalue weighted by molar-refractivity contribution is -0.117. The largest absolute Gasteiger partial charge is 0.416 e. The summed E-state index contributed by atoms with van der Waals surface area (Å²) in [5.41, 5.74) is 0. The van der Waals surface area contributed by atoms with Gasteiger partial charge in [0.05, 0.1) is 5.33 Å². The van der Waals surface area contributed by atoms with Crippen molar-refractivity contribution in [1.82, 2.24) is 0 Å². The fraction of sp³-hybridized carbons (Fsp3) is 0.900. The fourth-order valence-electron chi connectivity index (χ4n) is 0.703. The molecule has 0 unspecified atom stereocenters. The summed E-state index contributed by atoms with van der Waals surface area (Å²) in [5, 5.41) is 0.665. The summed E-state index contributed by atoms with van der Waals surface area (Å²) in [7, 11) is -1.65. The van der Waals surface area contributed by atoms with Gasteiger partial charge < -0.3 is 4.43 Å². The first kappa shape index (κ1) is 14.3. The molecule has 0 rings (SSSR count). The van der Waals surface area contributed by atoms with Crippen LogP contribution in [0.15, 0.2) is 0 Å². The Hall–Kier alpha value is 0.327. The predicted octanol–water partition coefficient (Wildman–Crippen LogP) is 3.36. The number of carbonyl (C=O) groups is 1. The van der Waals surface area contributed by atoms with Crippen molar-refractivity contribution >= 4 is 30.0 Å². The number of Topliss-reactive ketones (excluding diaryl/α,β-unsaturated/α-hetero) is 1. The zero-order valence-corrected chi connectivity index (χ0v) is 12.4. The third-order valence-electron chi connectivity index (χ3n) is 2.80. The van der Waals surface area contributed by atoms with E-state index < -0.39 is 8.32 Å². The van der Waals surface area contributed by atoms with Crippen LogP contribution in [0.3, 0.4) is 0 Å². The van der Waals surface area contributed by atoms with Gasteiger partial charge in [0.2, 0.25) is 0 Å². The van der Waals surface area contributed by atoms with Crippen molar-refractivity contribution in [1.29, 1.82) is 0 Å². The minimum atomic E-state index is -1.65. The van der Waals surface area contributed by atoms with E-state index >= 15 is 0 Å². The van der Waals surface area contributed by atoms with E-state index in [9.17, 15) is 4.79 Å². The predicted molar refractivity (Wildman–Crippen MR) is 66.6 cm³/mol. The van der Waals surface area contributed by atoms with Crippen LogP contribution in [0.2, 0.25) is 18.1 Å². The van der Waals surface area contributed by atoms with Gasteiger partial charge in [-0.15, -0.1) is 0 Å². The van der Waals surface area contributed by atoms with Crippen LogP contribution in [0, 0.1) is 0 Å². The van der Waals surface area contributed by atoms with Crippen LogP contribution in [0.5, 0.6) is 0 Å². The number of rotatable bonds is 5. The van der Waals surface area contributed by atoms with Crippen molar-refractivity contribution in [2.45, 2.75) is 45.3 Å². The van der Waals surface area contributed by atoms with Crippen molar-refractivity contribution in [3.05, 3.63) is 0 Å². The molecule has 0 bridgehead atoms. The van der Waals surface area contributed by atoms with E-state index in [0.717, 1.165) is 0 Å². The maximum Gasteiger partial charge on any atom is 0.191 e. The van der Waals surface area contributed by atoms with Gasteiger partial charge in [0.25, 0.3) is 0 Å². The van der Waals surface area contributed by atoms with Gasteiger partial charge in [0, 0.05) is 13.0 Å². The monoisotopic (exact) mass is 280 g/mol. The van der Waals surface area contributed by atoms with E-state index in [-0.39, 0.29) is 10.8 Å². The van der Waals surface area contributed by atoms with E-state index in [4.69, 9.17) is 4.43 Å². The highest BCUT2D eigenvalue weighted by Crippen LogP contribution is 2.36. The smallest absolute Gasteiger partial charge is 0.191 e. The Labute approximate surface area is 96.7 Å². The van der Waals surface area contributed by atoms with Gasteiger partial charge in [0.15, 0.2) is 8.32 Å². The maximum absolute atomic E-state index is 11.0. The van der Waals surface area contributed by atoms with Crippen LogP contribution in [-0.4, -0.2) is 26.0 Å². The van der Waals surface area contributed by atoms with Gasteiger partial charge in [-0.3, -0.25) is 4.79 Å². The number of hydrogen-bond acceptors (Lipinski definition) is 2. The average molecular weight is 281 g/mol. The summed E-state index contributed by atoms with van der Waals surface area (Å²) in [6.45, 7) is 11.6. The SMILES string of the molecule is CC(C)(C)[Si](C)(C)OCCC(=O)CBr. The average Bonchev–Trinajstić information content (AvgIpc) is 2.01. The second kappa shape index (κ2) is 5.42. The standard InChI is InChI=1S/C10H21BrO2Si/c1-10(2,3)14(4,5)13-7-6-9(12)8-11/h6-8H2,1-5H3. The molecule has 14 heavy (non-hydrogen) atoms. The van der Waals surface area contributed by atoms with Gasteiger partial charge in [-0.05, 0) is 18.1 Å².